The van der Waals surface area contributed by atoms with E-state index in [0.29, 0.717) is 17.0 Å². The minimum absolute atomic E-state index is 0.0590. The molecule has 0 saturated heterocycles. The van der Waals surface area contributed by atoms with E-state index in [9.17, 15) is 4.79 Å². The second-order valence-electron chi connectivity index (χ2n) is 5.69. The Kier molecular flexibility index (Phi) is 3.76. The summed E-state index contributed by atoms with van der Waals surface area (Å²) >= 11 is 0. The summed E-state index contributed by atoms with van der Waals surface area (Å²) in [6.45, 7) is 7.57. The summed E-state index contributed by atoms with van der Waals surface area (Å²) in [6.07, 6.45) is 1.65. The molecule has 1 amide bonds. The SMILES string of the molecule is Cc1noc(NC(=O)c2cccnc2C(C)(C)C)c1C#N. The van der Waals surface area contributed by atoms with Gasteiger partial charge in [-0.25, -0.2) is 0 Å². The monoisotopic (exact) mass is 284 g/mol. The van der Waals surface area contributed by atoms with Gasteiger partial charge in [0, 0.05) is 11.6 Å². The molecular formula is C15H16N4O2. The molecule has 0 aromatic carbocycles. The Balaban J connectivity index is 2.36. The largest absolute Gasteiger partial charge is 0.337 e. The van der Waals surface area contributed by atoms with Crippen molar-refractivity contribution in [2.24, 2.45) is 0 Å². The molecule has 0 bridgehead atoms. The van der Waals surface area contributed by atoms with Crippen LogP contribution in [0, 0.1) is 18.3 Å². The molecule has 21 heavy (non-hydrogen) atoms. The number of anilines is 1. The van der Waals surface area contributed by atoms with Gasteiger partial charge in [0.05, 0.1) is 11.3 Å². The molecule has 0 atom stereocenters. The van der Waals surface area contributed by atoms with Gasteiger partial charge in [-0.15, -0.1) is 0 Å². The van der Waals surface area contributed by atoms with E-state index in [2.05, 4.69) is 15.5 Å². The van der Waals surface area contributed by atoms with Crippen molar-refractivity contribution in [1.29, 1.82) is 5.26 Å². The smallest absolute Gasteiger partial charge is 0.259 e. The van der Waals surface area contributed by atoms with Crippen molar-refractivity contribution in [2.75, 3.05) is 5.32 Å². The molecule has 108 valence electrons. The topological polar surface area (TPSA) is 91.8 Å². The Hall–Kier alpha value is -2.68. The summed E-state index contributed by atoms with van der Waals surface area (Å²) in [6, 6.07) is 5.35. The molecule has 0 unspecified atom stereocenters. The third-order valence-corrected chi connectivity index (χ3v) is 2.96. The summed E-state index contributed by atoms with van der Waals surface area (Å²) < 4.78 is 4.98. The van der Waals surface area contributed by atoms with Gasteiger partial charge in [0.25, 0.3) is 5.91 Å². The molecule has 0 spiro atoms. The molecule has 6 heteroatoms. The van der Waals surface area contributed by atoms with Crippen LogP contribution in [0.15, 0.2) is 22.9 Å². The molecule has 2 rings (SSSR count). The first-order valence-corrected chi connectivity index (χ1v) is 6.48. The summed E-state index contributed by atoms with van der Waals surface area (Å²) in [7, 11) is 0. The molecular weight excluding hydrogens is 268 g/mol. The number of aryl methyl sites for hydroxylation is 1. The predicted molar refractivity (Wildman–Crippen MR) is 76.8 cm³/mol. The minimum Gasteiger partial charge on any atom is -0.337 e. The van der Waals surface area contributed by atoms with E-state index in [-0.39, 0.29) is 22.8 Å². The zero-order valence-corrected chi connectivity index (χ0v) is 12.4. The molecule has 2 aromatic rings. The van der Waals surface area contributed by atoms with E-state index in [4.69, 9.17) is 9.78 Å². The number of carbonyl (C=O) groups excluding carboxylic acids is 1. The van der Waals surface area contributed by atoms with Crippen molar-refractivity contribution in [1.82, 2.24) is 10.1 Å². The number of hydrogen-bond donors (Lipinski definition) is 1. The first kappa shape index (κ1) is 14.7. The number of rotatable bonds is 2. The lowest BCUT2D eigenvalue weighted by Gasteiger charge is -2.20. The average Bonchev–Trinajstić information content (AvgIpc) is 2.78. The van der Waals surface area contributed by atoms with Crippen LogP contribution in [-0.2, 0) is 5.41 Å². The zero-order chi connectivity index (χ0) is 15.6. The standard InChI is InChI=1S/C15H16N4O2/c1-9-11(8-16)14(21-19-9)18-13(20)10-6-5-7-17-12(10)15(2,3)4/h5-7H,1-4H3,(H,18,20). The lowest BCUT2D eigenvalue weighted by molar-refractivity contribution is 0.102. The Labute approximate surface area is 122 Å². The second kappa shape index (κ2) is 5.37. The van der Waals surface area contributed by atoms with Gasteiger partial charge < -0.3 is 4.52 Å². The maximum Gasteiger partial charge on any atom is 0.259 e. The summed E-state index contributed by atoms with van der Waals surface area (Å²) in [5, 5.41) is 15.3. The number of nitriles is 1. The van der Waals surface area contributed by atoms with Crippen molar-refractivity contribution in [3.63, 3.8) is 0 Å². The summed E-state index contributed by atoms with van der Waals surface area (Å²) in [5.74, 6) is -0.315. The van der Waals surface area contributed by atoms with Crippen LogP contribution in [0.25, 0.3) is 0 Å². The number of nitrogens with zero attached hydrogens (tertiary/aromatic N) is 3. The lowest BCUT2D eigenvalue weighted by atomic mass is 9.88. The quantitative estimate of drug-likeness (QED) is 0.915. The van der Waals surface area contributed by atoms with Gasteiger partial charge in [-0.05, 0) is 19.1 Å². The van der Waals surface area contributed by atoms with Crippen LogP contribution in [0.4, 0.5) is 5.88 Å². The van der Waals surface area contributed by atoms with Gasteiger partial charge >= 0.3 is 0 Å². The molecule has 2 aromatic heterocycles. The van der Waals surface area contributed by atoms with Crippen LogP contribution >= 0.6 is 0 Å². The van der Waals surface area contributed by atoms with Crippen LogP contribution in [0.1, 0.15) is 48.1 Å². The van der Waals surface area contributed by atoms with Gasteiger partial charge in [-0.1, -0.05) is 25.9 Å². The maximum absolute atomic E-state index is 12.4. The molecule has 0 fully saturated rings. The van der Waals surface area contributed by atoms with Crippen molar-refractivity contribution in [2.45, 2.75) is 33.1 Å². The average molecular weight is 284 g/mol. The van der Waals surface area contributed by atoms with E-state index in [1.165, 1.54) is 0 Å². The summed E-state index contributed by atoms with van der Waals surface area (Å²) in [5.41, 5.74) is 1.52. The molecule has 0 saturated carbocycles. The number of pyridine rings is 1. The third kappa shape index (κ3) is 2.92. The van der Waals surface area contributed by atoms with E-state index in [0.717, 1.165) is 0 Å². The van der Waals surface area contributed by atoms with E-state index in [1.807, 2.05) is 26.8 Å². The molecule has 0 aliphatic rings. The number of hydrogen-bond acceptors (Lipinski definition) is 5. The summed E-state index contributed by atoms with van der Waals surface area (Å²) in [4.78, 5) is 16.7. The van der Waals surface area contributed by atoms with Crippen molar-refractivity contribution in [3.8, 4) is 6.07 Å². The normalized spacial score (nSPS) is 11.0. The highest BCUT2D eigenvalue weighted by Crippen LogP contribution is 2.25. The van der Waals surface area contributed by atoms with E-state index >= 15 is 0 Å². The van der Waals surface area contributed by atoms with Crippen LogP contribution in [0.3, 0.4) is 0 Å². The Morgan fingerprint density at radius 1 is 1.43 bits per heavy atom. The van der Waals surface area contributed by atoms with Gasteiger partial charge in [0.1, 0.15) is 17.3 Å². The van der Waals surface area contributed by atoms with E-state index in [1.54, 1.807) is 25.3 Å². The minimum atomic E-state index is -0.374. The fourth-order valence-corrected chi connectivity index (χ4v) is 1.94. The fraction of sp³-hybridized carbons (Fsp3) is 0.333. The van der Waals surface area contributed by atoms with Gasteiger partial charge in [0.15, 0.2) is 0 Å². The van der Waals surface area contributed by atoms with Crippen LogP contribution in [-0.4, -0.2) is 16.0 Å². The second-order valence-corrected chi connectivity index (χ2v) is 5.69. The van der Waals surface area contributed by atoms with Crippen LogP contribution in [0.2, 0.25) is 0 Å². The number of carbonyl (C=O) groups is 1. The molecule has 0 aliphatic carbocycles. The van der Waals surface area contributed by atoms with Crippen molar-refractivity contribution in [3.05, 3.63) is 40.8 Å². The van der Waals surface area contributed by atoms with Gasteiger partial charge in [-0.2, -0.15) is 5.26 Å². The number of amides is 1. The zero-order valence-electron chi connectivity index (χ0n) is 12.4. The first-order valence-electron chi connectivity index (χ1n) is 6.48. The molecule has 2 heterocycles. The Morgan fingerprint density at radius 2 is 2.14 bits per heavy atom. The van der Waals surface area contributed by atoms with Crippen LogP contribution < -0.4 is 5.32 Å². The molecule has 1 N–H and O–H groups in total. The third-order valence-electron chi connectivity index (χ3n) is 2.96. The van der Waals surface area contributed by atoms with Crippen molar-refractivity contribution >= 4 is 11.8 Å². The van der Waals surface area contributed by atoms with Gasteiger partial charge in [-0.3, -0.25) is 15.1 Å². The van der Waals surface area contributed by atoms with Crippen molar-refractivity contribution < 1.29 is 9.32 Å². The predicted octanol–water partition coefficient (Wildman–Crippen LogP) is 2.80. The fourth-order valence-electron chi connectivity index (χ4n) is 1.94. The molecule has 0 aliphatic heterocycles. The highest BCUT2D eigenvalue weighted by Gasteiger charge is 2.24. The first-order chi connectivity index (χ1) is 9.84. The Bertz CT molecular complexity index is 720. The van der Waals surface area contributed by atoms with Gasteiger partial charge in [0.2, 0.25) is 5.88 Å². The van der Waals surface area contributed by atoms with E-state index < -0.39 is 0 Å². The Morgan fingerprint density at radius 3 is 2.76 bits per heavy atom. The number of aromatic nitrogens is 2. The highest BCUT2D eigenvalue weighted by molar-refractivity contribution is 6.05. The number of nitrogens with one attached hydrogen (secondary N) is 1. The lowest BCUT2D eigenvalue weighted by Crippen LogP contribution is -2.22. The molecule has 0 radical (unpaired) electrons. The molecule has 6 nitrogen and oxygen atoms in total. The maximum atomic E-state index is 12.4. The van der Waals surface area contributed by atoms with Crippen LogP contribution in [0.5, 0.6) is 0 Å². The highest BCUT2D eigenvalue weighted by atomic mass is 16.5.